The lowest BCUT2D eigenvalue weighted by molar-refractivity contribution is 0.367. The fourth-order valence-electron chi connectivity index (χ4n) is 5.93. The Hall–Kier alpha value is -4.72. The summed E-state index contributed by atoms with van der Waals surface area (Å²) in [6.45, 7) is 0. The maximum absolute atomic E-state index is 5.73. The summed E-state index contributed by atoms with van der Waals surface area (Å²) in [6.07, 6.45) is 3.15. The Morgan fingerprint density at radius 2 is 0.674 bits per heavy atom. The van der Waals surface area contributed by atoms with E-state index in [-0.39, 0.29) is 11.8 Å². The summed E-state index contributed by atoms with van der Waals surface area (Å²) in [4.78, 5) is 0. The average Bonchev–Trinajstić information content (AvgIpc) is 3.11. The van der Waals surface area contributed by atoms with Gasteiger partial charge >= 0.3 is 0 Å². The Morgan fingerprint density at radius 3 is 1.02 bits per heavy atom. The maximum Gasteiger partial charge on any atom is 0.122 e. The lowest BCUT2D eigenvalue weighted by Crippen LogP contribution is -2.20. The molecule has 0 radical (unpaired) electrons. The molecular formula is C38H46O8. The zero-order valence-electron chi connectivity index (χ0n) is 28.2. The molecule has 0 aliphatic rings. The van der Waals surface area contributed by atoms with Gasteiger partial charge in [-0.05, 0) is 108 Å². The van der Waals surface area contributed by atoms with E-state index < -0.39 is 0 Å². The lowest BCUT2D eigenvalue weighted by Gasteiger charge is -2.30. The van der Waals surface area contributed by atoms with Crippen molar-refractivity contribution in [1.82, 2.24) is 0 Å². The molecule has 0 N–H and O–H groups in total. The van der Waals surface area contributed by atoms with Crippen LogP contribution < -0.4 is 37.9 Å². The van der Waals surface area contributed by atoms with Gasteiger partial charge in [0.05, 0.1) is 56.9 Å². The van der Waals surface area contributed by atoms with E-state index in [9.17, 15) is 0 Å². The summed E-state index contributed by atoms with van der Waals surface area (Å²) in [5.74, 6) is 6.20. The summed E-state index contributed by atoms with van der Waals surface area (Å²) in [6, 6.07) is 24.3. The molecule has 0 aliphatic carbocycles. The number of methoxy groups -OCH3 is 8. The van der Waals surface area contributed by atoms with Gasteiger partial charge < -0.3 is 37.9 Å². The largest absolute Gasteiger partial charge is 0.497 e. The molecule has 0 aliphatic heterocycles. The number of benzene rings is 4. The quantitative estimate of drug-likeness (QED) is 0.118. The zero-order valence-corrected chi connectivity index (χ0v) is 28.2. The van der Waals surface area contributed by atoms with Crippen LogP contribution in [0.15, 0.2) is 72.8 Å². The van der Waals surface area contributed by atoms with Crippen molar-refractivity contribution in [2.24, 2.45) is 5.92 Å². The van der Waals surface area contributed by atoms with Crippen molar-refractivity contribution in [2.45, 2.75) is 31.6 Å². The first-order valence-corrected chi connectivity index (χ1v) is 15.2. The number of aryl methyl sites for hydroxylation is 1. The molecule has 0 bridgehead atoms. The zero-order chi connectivity index (χ0) is 33.1. The molecule has 4 aromatic carbocycles. The molecule has 0 spiro atoms. The van der Waals surface area contributed by atoms with Gasteiger partial charge in [-0.3, -0.25) is 0 Å². The predicted octanol–water partition coefficient (Wildman–Crippen LogP) is 7.57. The molecule has 46 heavy (non-hydrogen) atoms. The first-order chi connectivity index (χ1) is 22.3. The van der Waals surface area contributed by atoms with Crippen molar-refractivity contribution in [3.63, 3.8) is 0 Å². The smallest absolute Gasteiger partial charge is 0.122 e. The summed E-state index contributed by atoms with van der Waals surface area (Å²) >= 11 is 0. The minimum atomic E-state index is 0.0468. The Balaban J connectivity index is 1.85. The summed E-state index contributed by atoms with van der Waals surface area (Å²) in [5.41, 5.74) is 4.46. The third-order valence-corrected chi connectivity index (χ3v) is 8.36. The molecule has 246 valence electrons. The van der Waals surface area contributed by atoms with Crippen LogP contribution in [0.3, 0.4) is 0 Å². The SMILES string of the molecule is COc1cc(CC[C@@H](Cc2cc(OC)cc(OC)c2)[C@H](Cc2cc(OC)cc(OC)c2)c2cc(OC)cc(OC)c2)cc(OC)c1. The first-order valence-electron chi connectivity index (χ1n) is 15.2. The molecule has 0 amide bonds. The standard InChI is InChI=1S/C38H46O8/c1-39-30-12-25(13-31(21-30)40-2)9-10-28(11-26-14-32(41-3)22-33(15-26)42-4)38(29-19-36(45-7)24-37(20-29)46-8)18-27-16-34(43-5)23-35(17-27)44-6/h12-17,19-24,28,38H,9-11,18H2,1-8H3/t28-,38-/m0/s1. The first kappa shape index (κ1) is 34.2. The number of rotatable bonds is 17. The Kier molecular flexibility index (Phi) is 12.3. The van der Waals surface area contributed by atoms with Gasteiger partial charge in [0.2, 0.25) is 0 Å². The molecule has 0 heterocycles. The van der Waals surface area contributed by atoms with Gasteiger partial charge in [-0.2, -0.15) is 0 Å². The Bertz CT molecular complexity index is 1480. The van der Waals surface area contributed by atoms with Crippen LogP contribution in [-0.2, 0) is 19.3 Å². The average molecular weight is 631 g/mol. The number of ether oxygens (including phenoxy) is 8. The van der Waals surface area contributed by atoms with Crippen LogP contribution in [0.25, 0.3) is 0 Å². The molecule has 0 fully saturated rings. The van der Waals surface area contributed by atoms with E-state index in [0.29, 0.717) is 0 Å². The molecule has 4 aromatic rings. The van der Waals surface area contributed by atoms with Crippen LogP contribution in [0.1, 0.15) is 34.6 Å². The van der Waals surface area contributed by atoms with Gasteiger partial charge in [-0.25, -0.2) is 0 Å². The van der Waals surface area contributed by atoms with Crippen molar-refractivity contribution in [3.05, 3.63) is 95.1 Å². The van der Waals surface area contributed by atoms with Crippen molar-refractivity contribution in [2.75, 3.05) is 56.9 Å². The van der Waals surface area contributed by atoms with Gasteiger partial charge in [0, 0.05) is 24.3 Å². The summed E-state index contributed by atoms with van der Waals surface area (Å²) < 4.78 is 45.2. The highest BCUT2D eigenvalue weighted by Gasteiger charge is 2.27. The molecule has 8 heteroatoms. The van der Waals surface area contributed by atoms with E-state index >= 15 is 0 Å². The van der Waals surface area contributed by atoms with E-state index in [2.05, 4.69) is 48.5 Å². The molecule has 2 atom stereocenters. The van der Waals surface area contributed by atoms with Gasteiger partial charge in [-0.15, -0.1) is 0 Å². The molecule has 4 rings (SSSR count). The molecule has 8 nitrogen and oxygen atoms in total. The van der Waals surface area contributed by atoms with Gasteiger partial charge in [0.25, 0.3) is 0 Å². The number of hydrogen-bond acceptors (Lipinski definition) is 8. The van der Waals surface area contributed by atoms with Gasteiger partial charge in [-0.1, -0.05) is 0 Å². The Labute approximate surface area is 273 Å². The van der Waals surface area contributed by atoms with Crippen LogP contribution >= 0.6 is 0 Å². The van der Waals surface area contributed by atoms with Crippen LogP contribution in [0.5, 0.6) is 46.0 Å². The number of hydrogen-bond donors (Lipinski definition) is 0. The third-order valence-electron chi connectivity index (χ3n) is 8.36. The van der Waals surface area contributed by atoms with E-state index in [1.54, 1.807) is 56.9 Å². The highest BCUT2D eigenvalue weighted by molar-refractivity contribution is 5.44. The molecule has 0 saturated carbocycles. The second-order valence-corrected chi connectivity index (χ2v) is 11.1. The third kappa shape index (κ3) is 8.93. The van der Waals surface area contributed by atoms with E-state index in [1.165, 1.54) is 0 Å². The fraction of sp³-hybridized carbons (Fsp3) is 0.368. The molecule has 0 unspecified atom stereocenters. The van der Waals surface area contributed by atoms with Crippen LogP contribution in [-0.4, -0.2) is 56.9 Å². The van der Waals surface area contributed by atoms with Crippen LogP contribution in [0, 0.1) is 5.92 Å². The highest BCUT2D eigenvalue weighted by atomic mass is 16.5. The highest BCUT2D eigenvalue weighted by Crippen LogP contribution is 2.40. The summed E-state index contributed by atoms with van der Waals surface area (Å²) in [7, 11) is 13.4. The van der Waals surface area contributed by atoms with Crippen LogP contribution in [0.2, 0.25) is 0 Å². The topological polar surface area (TPSA) is 73.8 Å². The van der Waals surface area contributed by atoms with Crippen molar-refractivity contribution < 1.29 is 37.9 Å². The van der Waals surface area contributed by atoms with Crippen molar-refractivity contribution in [1.29, 1.82) is 0 Å². The monoisotopic (exact) mass is 630 g/mol. The fourth-order valence-corrected chi connectivity index (χ4v) is 5.93. The predicted molar refractivity (Wildman–Crippen MR) is 180 cm³/mol. The van der Waals surface area contributed by atoms with Gasteiger partial charge in [0.15, 0.2) is 0 Å². The lowest BCUT2D eigenvalue weighted by atomic mass is 9.75. The molecule has 0 saturated heterocycles. The maximum atomic E-state index is 5.73. The Morgan fingerprint density at radius 1 is 0.370 bits per heavy atom. The summed E-state index contributed by atoms with van der Waals surface area (Å²) in [5, 5.41) is 0. The molecular weight excluding hydrogens is 584 g/mol. The minimum absolute atomic E-state index is 0.0468. The second kappa shape index (κ2) is 16.5. The van der Waals surface area contributed by atoms with Crippen LogP contribution in [0.4, 0.5) is 0 Å². The normalized spacial score (nSPS) is 12.1. The van der Waals surface area contributed by atoms with Gasteiger partial charge in [0.1, 0.15) is 46.0 Å². The van der Waals surface area contributed by atoms with E-state index in [4.69, 9.17) is 37.9 Å². The minimum Gasteiger partial charge on any atom is -0.497 e. The van der Waals surface area contributed by atoms with E-state index in [0.717, 1.165) is 93.9 Å². The van der Waals surface area contributed by atoms with E-state index in [1.807, 2.05) is 24.3 Å². The molecule has 0 aromatic heterocycles. The second-order valence-electron chi connectivity index (χ2n) is 11.1. The van der Waals surface area contributed by atoms with Crippen molar-refractivity contribution >= 4 is 0 Å². The van der Waals surface area contributed by atoms with Crippen molar-refractivity contribution in [3.8, 4) is 46.0 Å².